The van der Waals surface area contributed by atoms with Gasteiger partial charge in [0, 0.05) is 11.7 Å². The summed E-state index contributed by atoms with van der Waals surface area (Å²) in [6.07, 6.45) is 3.32. The van der Waals surface area contributed by atoms with Gasteiger partial charge in [-0.3, -0.25) is 0 Å². The lowest BCUT2D eigenvalue weighted by atomic mass is 9.92. The molecule has 1 aromatic rings. The van der Waals surface area contributed by atoms with Gasteiger partial charge in [0.05, 0.1) is 0 Å². The molecule has 18 heavy (non-hydrogen) atoms. The molecule has 0 heterocycles. The van der Waals surface area contributed by atoms with Gasteiger partial charge in [0.25, 0.3) is 0 Å². The number of carbonyl (C=O) groups is 1. The van der Waals surface area contributed by atoms with Crippen LogP contribution in [0.2, 0.25) is 0 Å². The number of urea groups is 1. The van der Waals surface area contributed by atoms with Crippen LogP contribution in [-0.4, -0.2) is 12.1 Å². The Morgan fingerprint density at radius 1 is 1.28 bits per heavy atom. The molecule has 2 amide bonds. The Balaban J connectivity index is 1.84. The number of hydrogen-bond donors (Lipinski definition) is 2. The maximum Gasteiger partial charge on any atom is 0.319 e. The molecule has 0 aliphatic heterocycles. The fourth-order valence-corrected chi connectivity index (χ4v) is 2.55. The average molecular weight is 246 g/mol. The van der Waals surface area contributed by atoms with Gasteiger partial charge in [-0.05, 0) is 43.7 Å². The first kappa shape index (κ1) is 12.9. The summed E-state index contributed by atoms with van der Waals surface area (Å²) in [4.78, 5) is 11.8. The van der Waals surface area contributed by atoms with Crippen molar-refractivity contribution in [1.29, 1.82) is 0 Å². The van der Waals surface area contributed by atoms with Gasteiger partial charge in [-0.1, -0.05) is 31.5 Å². The first-order valence-electron chi connectivity index (χ1n) is 6.59. The quantitative estimate of drug-likeness (QED) is 0.821. The largest absolute Gasteiger partial charge is 0.335 e. The van der Waals surface area contributed by atoms with Crippen LogP contribution in [0.3, 0.4) is 0 Å². The minimum atomic E-state index is -0.0958. The van der Waals surface area contributed by atoms with Gasteiger partial charge >= 0.3 is 6.03 Å². The van der Waals surface area contributed by atoms with E-state index in [0.717, 1.165) is 18.5 Å². The molecule has 2 N–H and O–H groups in total. The summed E-state index contributed by atoms with van der Waals surface area (Å²) in [6.45, 7) is 6.55. The smallest absolute Gasteiger partial charge is 0.319 e. The predicted octanol–water partition coefficient (Wildman–Crippen LogP) is 3.70. The van der Waals surface area contributed by atoms with Crippen molar-refractivity contribution >= 4 is 11.7 Å². The van der Waals surface area contributed by atoms with Gasteiger partial charge in [0.1, 0.15) is 0 Å². The molecule has 3 heteroatoms. The van der Waals surface area contributed by atoms with Crippen LogP contribution in [0, 0.1) is 12.3 Å². The third-order valence-electron chi connectivity index (χ3n) is 3.61. The highest BCUT2D eigenvalue weighted by Crippen LogP contribution is 2.36. The maximum atomic E-state index is 11.8. The van der Waals surface area contributed by atoms with E-state index >= 15 is 0 Å². The maximum absolute atomic E-state index is 11.8. The van der Waals surface area contributed by atoms with E-state index in [4.69, 9.17) is 0 Å². The molecule has 98 valence electrons. The van der Waals surface area contributed by atoms with Gasteiger partial charge in [0.2, 0.25) is 0 Å². The Morgan fingerprint density at radius 3 is 2.50 bits per heavy atom. The summed E-state index contributed by atoms with van der Waals surface area (Å²) in [5.41, 5.74) is 2.40. The highest BCUT2D eigenvalue weighted by molar-refractivity contribution is 5.89. The number of anilines is 1. The third kappa shape index (κ3) is 3.49. The summed E-state index contributed by atoms with van der Waals surface area (Å²) in [5.74, 6) is 0. The van der Waals surface area contributed by atoms with Gasteiger partial charge < -0.3 is 10.6 Å². The van der Waals surface area contributed by atoms with Crippen LogP contribution in [0.15, 0.2) is 24.3 Å². The number of carbonyl (C=O) groups excluding carboxylic acids is 1. The molecule has 1 aromatic carbocycles. The number of hydrogen-bond acceptors (Lipinski definition) is 1. The van der Waals surface area contributed by atoms with Crippen LogP contribution in [0.4, 0.5) is 10.5 Å². The standard InChI is InChI=1S/C15H22N2O/c1-11-4-6-12(7-5-11)16-14(18)17-13-8-9-15(2,3)10-13/h4-7,13H,8-10H2,1-3H3,(H2,16,17,18). The summed E-state index contributed by atoms with van der Waals surface area (Å²) < 4.78 is 0. The van der Waals surface area contributed by atoms with E-state index in [9.17, 15) is 4.79 Å². The molecule has 0 radical (unpaired) electrons. The minimum Gasteiger partial charge on any atom is -0.335 e. The summed E-state index contributed by atoms with van der Waals surface area (Å²) >= 11 is 0. The Kier molecular flexibility index (Phi) is 3.60. The van der Waals surface area contributed by atoms with Gasteiger partial charge in [-0.25, -0.2) is 4.79 Å². The fourth-order valence-electron chi connectivity index (χ4n) is 2.55. The Hall–Kier alpha value is -1.51. The Bertz CT molecular complexity index is 423. The van der Waals surface area contributed by atoms with Crippen LogP contribution >= 0.6 is 0 Å². The van der Waals surface area contributed by atoms with Crippen molar-refractivity contribution in [3.05, 3.63) is 29.8 Å². The zero-order chi connectivity index (χ0) is 13.2. The summed E-state index contributed by atoms with van der Waals surface area (Å²) in [7, 11) is 0. The number of benzene rings is 1. The van der Waals surface area contributed by atoms with Crippen molar-refractivity contribution in [3.8, 4) is 0 Å². The Morgan fingerprint density at radius 2 is 1.94 bits per heavy atom. The van der Waals surface area contributed by atoms with E-state index < -0.39 is 0 Å². The highest BCUT2D eigenvalue weighted by atomic mass is 16.2. The lowest BCUT2D eigenvalue weighted by molar-refractivity contribution is 0.247. The van der Waals surface area contributed by atoms with Crippen molar-refractivity contribution in [3.63, 3.8) is 0 Å². The number of aryl methyl sites for hydroxylation is 1. The minimum absolute atomic E-state index is 0.0958. The second-order valence-electron chi connectivity index (χ2n) is 6.07. The number of amides is 2. The monoisotopic (exact) mass is 246 g/mol. The molecule has 1 fully saturated rings. The third-order valence-corrected chi connectivity index (χ3v) is 3.61. The van der Waals surface area contributed by atoms with E-state index in [1.54, 1.807) is 0 Å². The van der Waals surface area contributed by atoms with E-state index in [1.807, 2.05) is 31.2 Å². The molecule has 0 saturated heterocycles. The first-order chi connectivity index (χ1) is 8.44. The van der Waals surface area contributed by atoms with Crippen LogP contribution < -0.4 is 10.6 Å². The molecule has 3 nitrogen and oxygen atoms in total. The zero-order valence-corrected chi connectivity index (χ0v) is 11.4. The highest BCUT2D eigenvalue weighted by Gasteiger charge is 2.31. The molecular weight excluding hydrogens is 224 g/mol. The van der Waals surface area contributed by atoms with Crippen molar-refractivity contribution in [2.45, 2.75) is 46.1 Å². The van der Waals surface area contributed by atoms with E-state index in [1.165, 1.54) is 12.0 Å². The van der Waals surface area contributed by atoms with E-state index in [2.05, 4.69) is 24.5 Å². The van der Waals surface area contributed by atoms with Crippen molar-refractivity contribution in [2.75, 3.05) is 5.32 Å². The normalized spacial score (nSPS) is 21.6. The van der Waals surface area contributed by atoms with Crippen LogP contribution in [0.5, 0.6) is 0 Å². The molecule has 1 atom stereocenters. The fraction of sp³-hybridized carbons (Fsp3) is 0.533. The van der Waals surface area contributed by atoms with Crippen molar-refractivity contribution < 1.29 is 4.79 Å². The lowest BCUT2D eigenvalue weighted by Crippen LogP contribution is -2.36. The van der Waals surface area contributed by atoms with Gasteiger partial charge in [-0.2, -0.15) is 0 Å². The SMILES string of the molecule is Cc1ccc(NC(=O)NC2CCC(C)(C)C2)cc1. The average Bonchev–Trinajstić information content (AvgIpc) is 2.61. The first-order valence-corrected chi connectivity index (χ1v) is 6.59. The second-order valence-corrected chi connectivity index (χ2v) is 6.07. The molecule has 0 aromatic heterocycles. The van der Waals surface area contributed by atoms with Crippen molar-refractivity contribution in [1.82, 2.24) is 5.32 Å². The molecule has 2 rings (SSSR count). The lowest BCUT2D eigenvalue weighted by Gasteiger charge is -2.18. The molecule has 0 spiro atoms. The van der Waals surface area contributed by atoms with Crippen LogP contribution in [-0.2, 0) is 0 Å². The van der Waals surface area contributed by atoms with Crippen LogP contribution in [0.25, 0.3) is 0 Å². The number of nitrogens with one attached hydrogen (secondary N) is 2. The topological polar surface area (TPSA) is 41.1 Å². The molecule has 0 bridgehead atoms. The zero-order valence-electron chi connectivity index (χ0n) is 11.4. The molecule has 1 saturated carbocycles. The summed E-state index contributed by atoms with van der Waals surface area (Å²) in [5, 5.41) is 5.92. The second kappa shape index (κ2) is 5.01. The number of rotatable bonds is 2. The molecular formula is C15H22N2O. The molecule has 1 aliphatic rings. The van der Waals surface area contributed by atoms with Gasteiger partial charge in [-0.15, -0.1) is 0 Å². The van der Waals surface area contributed by atoms with E-state index in [0.29, 0.717) is 11.5 Å². The van der Waals surface area contributed by atoms with Gasteiger partial charge in [0.15, 0.2) is 0 Å². The summed E-state index contributed by atoms with van der Waals surface area (Å²) in [6, 6.07) is 8.05. The van der Waals surface area contributed by atoms with Crippen LogP contribution in [0.1, 0.15) is 38.7 Å². The Labute approximate surface area is 109 Å². The molecule has 1 aliphatic carbocycles. The van der Waals surface area contributed by atoms with Crippen molar-refractivity contribution in [2.24, 2.45) is 5.41 Å². The molecule has 1 unspecified atom stereocenters. The van der Waals surface area contributed by atoms with E-state index in [-0.39, 0.29) is 6.03 Å². The predicted molar refractivity (Wildman–Crippen MR) is 74.8 cm³/mol.